The van der Waals surface area contributed by atoms with E-state index in [-0.39, 0.29) is 18.9 Å². The number of ether oxygens (including phenoxy) is 1. The van der Waals surface area contributed by atoms with Gasteiger partial charge in [-0.1, -0.05) is 0 Å². The van der Waals surface area contributed by atoms with E-state index in [1.807, 2.05) is 4.90 Å². The summed E-state index contributed by atoms with van der Waals surface area (Å²) >= 11 is 0. The lowest BCUT2D eigenvalue weighted by atomic mass is 10.2. The Morgan fingerprint density at radius 2 is 2.41 bits per heavy atom. The molecule has 1 aliphatic rings. The molecular formula is C11H20N2O4. The molecule has 6 heteroatoms. The van der Waals surface area contributed by atoms with Crippen LogP contribution in [0.25, 0.3) is 0 Å². The quantitative estimate of drug-likeness (QED) is 0.614. The predicted octanol–water partition coefficient (Wildman–Crippen LogP) is -0.878. The highest BCUT2D eigenvalue weighted by molar-refractivity contribution is 5.78. The molecule has 1 unspecified atom stereocenters. The van der Waals surface area contributed by atoms with Gasteiger partial charge in [0.1, 0.15) is 0 Å². The lowest BCUT2D eigenvalue weighted by molar-refractivity contribution is -0.145. The second kappa shape index (κ2) is 7.24. The van der Waals surface area contributed by atoms with E-state index < -0.39 is 12.1 Å². The fraction of sp³-hybridized carbons (Fsp3) is 0.818. The molecule has 0 aromatic rings. The number of nitrogens with one attached hydrogen (secondary N) is 1. The number of amides is 1. The summed E-state index contributed by atoms with van der Waals surface area (Å²) in [6.45, 7) is 4.06. The number of nitrogens with zero attached hydrogens (tertiary/aromatic N) is 1. The minimum Gasteiger partial charge on any atom is -0.466 e. The van der Waals surface area contributed by atoms with E-state index in [9.17, 15) is 14.7 Å². The van der Waals surface area contributed by atoms with Crippen molar-refractivity contribution in [2.75, 3.05) is 32.8 Å². The minimum atomic E-state index is -0.778. The molecule has 2 N–H and O–H groups in total. The Kier molecular flexibility index (Phi) is 5.93. The Hall–Kier alpha value is -1.14. The Balaban J connectivity index is 2.31. The van der Waals surface area contributed by atoms with Gasteiger partial charge in [-0.15, -0.1) is 0 Å². The number of carbonyl (C=O) groups is 2. The van der Waals surface area contributed by atoms with Gasteiger partial charge in [0.25, 0.3) is 0 Å². The van der Waals surface area contributed by atoms with Gasteiger partial charge in [-0.25, -0.2) is 0 Å². The maximum Gasteiger partial charge on any atom is 0.308 e. The first-order valence-corrected chi connectivity index (χ1v) is 5.94. The second-order valence-corrected chi connectivity index (χ2v) is 4.10. The molecule has 98 valence electrons. The first-order chi connectivity index (χ1) is 8.11. The Morgan fingerprint density at radius 1 is 1.65 bits per heavy atom. The van der Waals surface area contributed by atoms with Crippen molar-refractivity contribution in [3.63, 3.8) is 0 Å². The fourth-order valence-electron chi connectivity index (χ4n) is 1.80. The highest BCUT2D eigenvalue weighted by atomic mass is 16.5. The largest absolute Gasteiger partial charge is 0.466 e. The smallest absolute Gasteiger partial charge is 0.308 e. The number of β-amino-alcohol motifs (C(OH)–C–C–N with tert-alkyl or cyclic N) is 1. The molecule has 1 heterocycles. The van der Waals surface area contributed by atoms with Crippen LogP contribution in [0, 0.1) is 0 Å². The summed E-state index contributed by atoms with van der Waals surface area (Å²) in [4.78, 5) is 24.3. The van der Waals surface area contributed by atoms with Crippen molar-refractivity contribution in [2.45, 2.75) is 25.9 Å². The van der Waals surface area contributed by atoms with Crippen LogP contribution in [0.4, 0.5) is 0 Å². The summed E-state index contributed by atoms with van der Waals surface area (Å²) in [5.74, 6) is -0.440. The van der Waals surface area contributed by atoms with Crippen LogP contribution in [0.5, 0.6) is 0 Å². The lowest BCUT2D eigenvalue weighted by Gasteiger charge is -2.21. The molecule has 6 nitrogen and oxygen atoms in total. The highest BCUT2D eigenvalue weighted by Gasteiger charge is 2.19. The van der Waals surface area contributed by atoms with Crippen molar-refractivity contribution in [3.8, 4) is 0 Å². The van der Waals surface area contributed by atoms with E-state index in [1.54, 1.807) is 6.92 Å². The van der Waals surface area contributed by atoms with Crippen LogP contribution in [0.15, 0.2) is 0 Å². The summed E-state index contributed by atoms with van der Waals surface area (Å²) in [5, 5.41) is 12.5. The number of hydrogen-bond donors (Lipinski definition) is 2. The van der Waals surface area contributed by atoms with E-state index in [4.69, 9.17) is 4.74 Å². The maximum atomic E-state index is 11.3. The fourth-order valence-corrected chi connectivity index (χ4v) is 1.80. The number of hydrogen-bond acceptors (Lipinski definition) is 5. The summed E-state index contributed by atoms with van der Waals surface area (Å²) < 4.78 is 4.75. The van der Waals surface area contributed by atoms with Crippen molar-refractivity contribution in [1.82, 2.24) is 10.2 Å². The highest BCUT2D eigenvalue weighted by Crippen LogP contribution is 2.02. The lowest BCUT2D eigenvalue weighted by Crippen LogP contribution is -2.38. The number of rotatable bonds is 5. The van der Waals surface area contributed by atoms with E-state index >= 15 is 0 Å². The molecule has 0 bridgehead atoms. The summed E-state index contributed by atoms with van der Waals surface area (Å²) in [5.41, 5.74) is 0. The van der Waals surface area contributed by atoms with Gasteiger partial charge in [-0.3, -0.25) is 14.5 Å². The molecule has 1 amide bonds. The SMILES string of the molecule is CCOC(=O)CC(O)CN1CCCNC(=O)C1. The van der Waals surface area contributed by atoms with Gasteiger partial charge in [0, 0.05) is 19.6 Å². The zero-order valence-corrected chi connectivity index (χ0v) is 10.1. The molecule has 1 aliphatic heterocycles. The molecule has 1 saturated heterocycles. The topological polar surface area (TPSA) is 78.9 Å². The average molecular weight is 244 g/mol. The first kappa shape index (κ1) is 13.9. The van der Waals surface area contributed by atoms with E-state index in [0.29, 0.717) is 19.7 Å². The molecule has 1 rings (SSSR count). The molecule has 0 saturated carbocycles. The van der Waals surface area contributed by atoms with Crippen LogP contribution in [0.1, 0.15) is 19.8 Å². The summed E-state index contributed by atoms with van der Waals surface area (Å²) in [7, 11) is 0. The molecule has 0 spiro atoms. The molecule has 17 heavy (non-hydrogen) atoms. The Morgan fingerprint density at radius 3 is 3.12 bits per heavy atom. The third-order valence-corrected chi connectivity index (χ3v) is 2.52. The van der Waals surface area contributed by atoms with Gasteiger partial charge in [0.05, 0.1) is 25.7 Å². The van der Waals surface area contributed by atoms with E-state index in [2.05, 4.69) is 5.32 Å². The predicted molar refractivity (Wildman–Crippen MR) is 61.3 cm³/mol. The van der Waals surface area contributed by atoms with Crippen molar-refractivity contribution in [2.24, 2.45) is 0 Å². The van der Waals surface area contributed by atoms with Crippen molar-refractivity contribution in [1.29, 1.82) is 0 Å². The van der Waals surface area contributed by atoms with Gasteiger partial charge in [0.15, 0.2) is 0 Å². The van der Waals surface area contributed by atoms with Crippen LogP contribution < -0.4 is 5.32 Å². The third kappa shape index (κ3) is 5.65. The zero-order chi connectivity index (χ0) is 12.7. The number of carbonyl (C=O) groups excluding carboxylic acids is 2. The maximum absolute atomic E-state index is 11.3. The molecule has 0 radical (unpaired) electrons. The average Bonchev–Trinajstić information content (AvgIpc) is 2.42. The standard InChI is InChI=1S/C11H20N2O4/c1-2-17-11(16)6-9(14)7-13-5-3-4-12-10(15)8-13/h9,14H,2-8H2,1H3,(H,12,15). The summed E-state index contributed by atoms with van der Waals surface area (Å²) in [6.07, 6.45) is 0.0593. The van der Waals surface area contributed by atoms with Crippen LogP contribution in [0.2, 0.25) is 0 Å². The zero-order valence-electron chi connectivity index (χ0n) is 10.1. The van der Waals surface area contributed by atoms with Crippen molar-refractivity contribution >= 4 is 11.9 Å². The number of esters is 1. The molecule has 1 fully saturated rings. The summed E-state index contributed by atoms with van der Waals surface area (Å²) in [6, 6.07) is 0. The van der Waals surface area contributed by atoms with Gasteiger partial charge in [-0.05, 0) is 13.3 Å². The molecular weight excluding hydrogens is 224 g/mol. The van der Waals surface area contributed by atoms with Gasteiger partial charge < -0.3 is 15.2 Å². The van der Waals surface area contributed by atoms with Gasteiger partial charge in [0.2, 0.25) is 5.91 Å². The second-order valence-electron chi connectivity index (χ2n) is 4.10. The van der Waals surface area contributed by atoms with Crippen LogP contribution in [-0.4, -0.2) is 60.8 Å². The molecule has 0 aromatic carbocycles. The van der Waals surface area contributed by atoms with Gasteiger partial charge >= 0.3 is 5.97 Å². The van der Waals surface area contributed by atoms with Crippen LogP contribution >= 0.6 is 0 Å². The normalized spacial score (nSPS) is 19.3. The number of aliphatic hydroxyl groups excluding tert-OH is 1. The third-order valence-electron chi connectivity index (χ3n) is 2.52. The van der Waals surface area contributed by atoms with Gasteiger partial charge in [-0.2, -0.15) is 0 Å². The molecule has 1 atom stereocenters. The monoisotopic (exact) mass is 244 g/mol. The van der Waals surface area contributed by atoms with Crippen molar-refractivity contribution < 1.29 is 19.4 Å². The van der Waals surface area contributed by atoms with Crippen LogP contribution in [-0.2, 0) is 14.3 Å². The minimum absolute atomic E-state index is 0.0219. The Bertz CT molecular complexity index is 270. The van der Waals surface area contributed by atoms with E-state index in [0.717, 1.165) is 13.0 Å². The first-order valence-electron chi connectivity index (χ1n) is 5.94. The van der Waals surface area contributed by atoms with Crippen LogP contribution in [0.3, 0.4) is 0 Å². The number of aliphatic hydroxyl groups is 1. The molecule has 0 aromatic heterocycles. The molecule has 0 aliphatic carbocycles. The van der Waals surface area contributed by atoms with E-state index in [1.165, 1.54) is 0 Å². The Labute approximate surface area is 101 Å². The van der Waals surface area contributed by atoms with Crippen molar-refractivity contribution in [3.05, 3.63) is 0 Å².